The van der Waals surface area contributed by atoms with Gasteiger partial charge in [-0.3, -0.25) is 0 Å². The monoisotopic (exact) mass is 343 g/mol. The summed E-state index contributed by atoms with van der Waals surface area (Å²) in [5, 5.41) is 0. The van der Waals surface area contributed by atoms with Crippen LogP contribution in [0.4, 0.5) is 0 Å². The zero-order valence-corrected chi connectivity index (χ0v) is 15.2. The summed E-state index contributed by atoms with van der Waals surface area (Å²) >= 11 is 0. The molecule has 1 unspecified atom stereocenters. The number of aryl methyl sites for hydroxylation is 1. The predicted molar refractivity (Wildman–Crippen MR) is 97.2 cm³/mol. The Balaban J connectivity index is 1.94. The Morgan fingerprint density at radius 2 is 1.75 bits per heavy atom. The van der Waals surface area contributed by atoms with Gasteiger partial charge in [-0.2, -0.15) is 4.31 Å². The molecule has 1 aliphatic heterocycles. The van der Waals surface area contributed by atoms with E-state index >= 15 is 0 Å². The van der Waals surface area contributed by atoms with E-state index in [2.05, 4.69) is 13.0 Å². The van der Waals surface area contributed by atoms with Crippen LogP contribution < -0.4 is 0 Å². The van der Waals surface area contributed by atoms with E-state index in [0.717, 1.165) is 36.8 Å². The molecule has 3 nitrogen and oxygen atoms in total. The largest absolute Gasteiger partial charge is 0.243 e. The Labute approximate surface area is 145 Å². The lowest BCUT2D eigenvalue weighted by molar-refractivity contribution is 0.327. The Morgan fingerprint density at radius 3 is 2.46 bits per heavy atom. The van der Waals surface area contributed by atoms with Crippen LogP contribution in [0, 0.1) is 6.92 Å². The van der Waals surface area contributed by atoms with Gasteiger partial charge in [0.1, 0.15) is 0 Å². The first-order valence-corrected chi connectivity index (χ1v) is 10.1. The van der Waals surface area contributed by atoms with Crippen LogP contribution in [-0.2, 0) is 16.6 Å². The molecular weight excluding hydrogens is 318 g/mol. The summed E-state index contributed by atoms with van der Waals surface area (Å²) in [6.07, 6.45) is 4.21. The molecule has 1 aliphatic rings. The average Bonchev–Trinajstić information content (AvgIpc) is 2.95. The van der Waals surface area contributed by atoms with Gasteiger partial charge in [0.25, 0.3) is 0 Å². The Hall–Kier alpha value is -1.65. The SMILES string of the molecule is CCCCCC1c2ccccc2CN1S(=O)(=O)c1ccc(C)cc1. The second-order valence-corrected chi connectivity index (χ2v) is 8.46. The fraction of sp³-hybridized carbons (Fsp3) is 0.400. The van der Waals surface area contributed by atoms with Crippen LogP contribution in [-0.4, -0.2) is 12.7 Å². The van der Waals surface area contributed by atoms with Crippen LogP contribution >= 0.6 is 0 Å². The van der Waals surface area contributed by atoms with E-state index in [1.54, 1.807) is 16.4 Å². The van der Waals surface area contributed by atoms with Crippen LogP contribution in [0.15, 0.2) is 53.4 Å². The summed E-state index contributed by atoms with van der Waals surface area (Å²) in [5.74, 6) is 0. The Kier molecular flexibility index (Phi) is 5.07. The summed E-state index contributed by atoms with van der Waals surface area (Å²) in [5.41, 5.74) is 3.37. The number of unbranched alkanes of at least 4 members (excludes halogenated alkanes) is 2. The van der Waals surface area contributed by atoms with Gasteiger partial charge in [0.15, 0.2) is 0 Å². The molecule has 2 aromatic carbocycles. The summed E-state index contributed by atoms with van der Waals surface area (Å²) in [4.78, 5) is 0.390. The number of benzene rings is 2. The van der Waals surface area contributed by atoms with Crippen molar-refractivity contribution in [2.45, 2.75) is 57.0 Å². The summed E-state index contributed by atoms with van der Waals surface area (Å²) in [6, 6.07) is 15.2. The van der Waals surface area contributed by atoms with Crippen molar-refractivity contribution >= 4 is 10.0 Å². The van der Waals surface area contributed by atoms with Crippen molar-refractivity contribution in [3.8, 4) is 0 Å². The van der Waals surface area contributed by atoms with Crippen molar-refractivity contribution in [1.29, 1.82) is 0 Å². The van der Waals surface area contributed by atoms with Crippen LogP contribution in [0.5, 0.6) is 0 Å². The van der Waals surface area contributed by atoms with Gasteiger partial charge in [0.05, 0.1) is 10.9 Å². The topological polar surface area (TPSA) is 37.4 Å². The highest BCUT2D eigenvalue weighted by Gasteiger charge is 2.38. The van der Waals surface area contributed by atoms with Gasteiger partial charge >= 0.3 is 0 Å². The molecule has 0 saturated carbocycles. The lowest BCUT2D eigenvalue weighted by atomic mass is 10.0. The van der Waals surface area contributed by atoms with Gasteiger partial charge in [0, 0.05) is 6.54 Å². The first-order valence-electron chi connectivity index (χ1n) is 8.70. The number of nitrogens with zero attached hydrogens (tertiary/aromatic N) is 1. The fourth-order valence-electron chi connectivity index (χ4n) is 3.42. The summed E-state index contributed by atoms with van der Waals surface area (Å²) in [6.45, 7) is 4.61. The maximum atomic E-state index is 13.2. The van der Waals surface area contributed by atoms with Gasteiger partial charge in [-0.25, -0.2) is 8.42 Å². The lowest BCUT2D eigenvalue weighted by Crippen LogP contribution is -2.29. The van der Waals surface area contributed by atoms with Crippen LogP contribution in [0.3, 0.4) is 0 Å². The minimum absolute atomic E-state index is 0.0425. The van der Waals surface area contributed by atoms with Crippen LogP contribution in [0.25, 0.3) is 0 Å². The molecule has 3 rings (SSSR count). The second kappa shape index (κ2) is 7.08. The fourth-order valence-corrected chi connectivity index (χ4v) is 5.04. The van der Waals surface area contributed by atoms with E-state index in [1.165, 1.54) is 5.56 Å². The molecule has 0 amide bonds. The molecule has 0 bridgehead atoms. The molecule has 128 valence electrons. The zero-order valence-electron chi connectivity index (χ0n) is 14.4. The van der Waals surface area contributed by atoms with Crippen molar-refractivity contribution in [2.24, 2.45) is 0 Å². The first kappa shape index (κ1) is 17.2. The highest BCUT2D eigenvalue weighted by molar-refractivity contribution is 7.89. The number of fused-ring (bicyclic) bond motifs is 1. The molecule has 1 atom stereocenters. The molecule has 0 aliphatic carbocycles. The third kappa shape index (κ3) is 3.26. The van der Waals surface area contributed by atoms with Gasteiger partial charge in [0.2, 0.25) is 10.0 Å². The number of hydrogen-bond acceptors (Lipinski definition) is 2. The second-order valence-electron chi connectivity index (χ2n) is 6.57. The molecule has 0 fully saturated rings. The molecule has 0 spiro atoms. The number of rotatable bonds is 6. The minimum atomic E-state index is -3.48. The van der Waals surface area contributed by atoms with E-state index in [4.69, 9.17) is 0 Å². The van der Waals surface area contributed by atoms with Gasteiger partial charge in [-0.1, -0.05) is 68.1 Å². The molecule has 0 N–H and O–H groups in total. The van der Waals surface area contributed by atoms with Gasteiger partial charge < -0.3 is 0 Å². The molecule has 0 aromatic heterocycles. The Morgan fingerprint density at radius 1 is 1.04 bits per heavy atom. The van der Waals surface area contributed by atoms with Crippen molar-refractivity contribution in [1.82, 2.24) is 4.31 Å². The molecule has 4 heteroatoms. The first-order chi connectivity index (χ1) is 11.5. The predicted octanol–water partition coefficient (Wildman–Crippen LogP) is 4.82. The molecule has 0 saturated heterocycles. The van der Waals surface area contributed by atoms with Gasteiger partial charge in [-0.05, 0) is 36.6 Å². The highest BCUT2D eigenvalue weighted by atomic mass is 32.2. The molecular formula is C20H25NO2S. The van der Waals surface area contributed by atoms with E-state index in [1.807, 2.05) is 37.3 Å². The van der Waals surface area contributed by atoms with Crippen LogP contribution in [0.2, 0.25) is 0 Å². The van der Waals surface area contributed by atoms with Gasteiger partial charge in [-0.15, -0.1) is 0 Å². The van der Waals surface area contributed by atoms with E-state index in [0.29, 0.717) is 11.4 Å². The average molecular weight is 343 g/mol. The summed E-state index contributed by atoms with van der Waals surface area (Å²) in [7, 11) is -3.48. The highest BCUT2D eigenvalue weighted by Crippen LogP contribution is 2.40. The third-order valence-electron chi connectivity index (χ3n) is 4.80. The minimum Gasteiger partial charge on any atom is -0.207 e. The third-order valence-corrected chi connectivity index (χ3v) is 6.67. The maximum Gasteiger partial charge on any atom is 0.243 e. The van der Waals surface area contributed by atoms with E-state index < -0.39 is 10.0 Å². The number of hydrogen-bond donors (Lipinski definition) is 0. The van der Waals surface area contributed by atoms with Crippen molar-refractivity contribution in [2.75, 3.05) is 0 Å². The van der Waals surface area contributed by atoms with Crippen molar-refractivity contribution < 1.29 is 8.42 Å². The lowest BCUT2D eigenvalue weighted by Gasteiger charge is -2.25. The van der Waals surface area contributed by atoms with Crippen LogP contribution in [0.1, 0.15) is 55.3 Å². The maximum absolute atomic E-state index is 13.2. The summed E-state index contributed by atoms with van der Waals surface area (Å²) < 4.78 is 28.1. The Bertz CT molecular complexity index is 797. The number of sulfonamides is 1. The van der Waals surface area contributed by atoms with Crippen molar-refractivity contribution in [3.05, 3.63) is 65.2 Å². The quantitative estimate of drug-likeness (QED) is 0.705. The van der Waals surface area contributed by atoms with E-state index in [9.17, 15) is 8.42 Å². The van der Waals surface area contributed by atoms with E-state index in [-0.39, 0.29) is 6.04 Å². The molecule has 0 radical (unpaired) electrons. The molecule has 1 heterocycles. The standard InChI is InChI=1S/C20H25NO2S/c1-3-4-5-10-20-19-9-7-6-8-17(19)15-21(20)24(22,23)18-13-11-16(2)12-14-18/h6-9,11-14,20H,3-5,10,15H2,1-2H3. The molecule has 24 heavy (non-hydrogen) atoms. The van der Waals surface area contributed by atoms with Crippen molar-refractivity contribution in [3.63, 3.8) is 0 Å². The zero-order chi connectivity index (χ0) is 17.2. The molecule has 2 aromatic rings. The normalized spacial score (nSPS) is 17.8. The smallest absolute Gasteiger partial charge is 0.207 e.